The Balaban J connectivity index is 1.63. The van der Waals surface area contributed by atoms with E-state index in [4.69, 9.17) is 0 Å². The molecule has 6 nitrogen and oxygen atoms in total. The lowest BCUT2D eigenvalue weighted by Gasteiger charge is -2.22. The van der Waals surface area contributed by atoms with Crippen molar-refractivity contribution < 1.29 is 14.4 Å². The van der Waals surface area contributed by atoms with E-state index in [2.05, 4.69) is 10.3 Å². The molecule has 0 aliphatic carbocycles. The third-order valence-corrected chi connectivity index (χ3v) is 5.35. The van der Waals surface area contributed by atoms with E-state index in [0.717, 1.165) is 27.1 Å². The van der Waals surface area contributed by atoms with Crippen molar-refractivity contribution in [3.8, 4) is 0 Å². The number of aromatic amines is 1. The number of rotatable bonds is 4. The number of H-pyrrole nitrogens is 1. The molecule has 2 aromatic carbocycles. The minimum absolute atomic E-state index is 0.270. The zero-order valence-corrected chi connectivity index (χ0v) is 16.0. The highest BCUT2D eigenvalue weighted by molar-refractivity contribution is 6.11. The van der Waals surface area contributed by atoms with Gasteiger partial charge >= 0.3 is 6.03 Å². The number of fused-ring (bicyclic) bond motifs is 1. The average Bonchev–Trinajstić information content (AvgIpc) is 3.12. The molecule has 4 rings (SSSR count). The number of amides is 3. The predicted octanol–water partition coefficient (Wildman–Crippen LogP) is 3.43. The van der Waals surface area contributed by atoms with Crippen LogP contribution in [0, 0.1) is 13.8 Å². The molecule has 1 aromatic heterocycles. The van der Waals surface area contributed by atoms with Gasteiger partial charge in [-0.25, -0.2) is 4.79 Å². The minimum Gasteiger partial charge on any atom is -0.362 e. The lowest BCUT2D eigenvalue weighted by atomic mass is 9.90. The summed E-state index contributed by atoms with van der Waals surface area (Å²) in [6.45, 7) is 5.04. The predicted molar refractivity (Wildman–Crippen MR) is 106 cm³/mol. The average molecular weight is 375 g/mol. The number of nitrogens with zero attached hydrogens (tertiary/aromatic N) is 1. The molecule has 1 atom stereocenters. The summed E-state index contributed by atoms with van der Waals surface area (Å²) in [5, 5.41) is 4.80. The van der Waals surface area contributed by atoms with Gasteiger partial charge in [0, 0.05) is 17.0 Å². The highest BCUT2D eigenvalue weighted by Crippen LogP contribution is 2.31. The zero-order valence-electron chi connectivity index (χ0n) is 16.0. The van der Waals surface area contributed by atoms with Gasteiger partial charge in [-0.15, -0.1) is 0 Å². The number of aromatic nitrogens is 1. The number of Topliss-reactive ketones (excluding diaryl/α,β-unsaturated/α-hetero) is 1. The molecule has 6 heteroatoms. The molecule has 1 fully saturated rings. The van der Waals surface area contributed by atoms with Crippen molar-refractivity contribution in [3.63, 3.8) is 0 Å². The molecule has 0 spiro atoms. The van der Waals surface area contributed by atoms with Crippen LogP contribution in [-0.2, 0) is 10.3 Å². The number of carbonyl (C=O) groups excluding carboxylic acids is 3. The summed E-state index contributed by atoms with van der Waals surface area (Å²) in [4.78, 5) is 42.4. The van der Waals surface area contributed by atoms with E-state index >= 15 is 0 Å². The Kier molecular flexibility index (Phi) is 4.07. The van der Waals surface area contributed by atoms with Crippen molar-refractivity contribution in [2.24, 2.45) is 0 Å². The van der Waals surface area contributed by atoms with Crippen LogP contribution in [0.2, 0.25) is 0 Å². The van der Waals surface area contributed by atoms with E-state index in [9.17, 15) is 14.4 Å². The molecule has 3 aromatic rings. The van der Waals surface area contributed by atoms with E-state index in [-0.39, 0.29) is 12.3 Å². The van der Waals surface area contributed by atoms with Crippen molar-refractivity contribution >= 4 is 28.5 Å². The van der Waals surface area contributed by atoms with Crippen LogP contribution >= 0.6 is 0 Å². The maximum Gasteiger partial charge on any atom is 0.325 e. The fourth-order valence-corrected chi connectivity index (χ4v) is 3.78. The van der Waals surface area contributed by atoms with Gasteiger partial charge in [-0.3, -0.25) is 14.5 Å². The van der Waals surface area contributed by atoms with Gasteiger partial charge in [0.15, 0.2) is 5.78 Å². The van der Waals surface area contributed by atoms with Crippen LogP contribution in [0.4, 0.5) is 4.79 Å². The molecule has 142 valence electrons. The lowest BCUT2D eigenvalue weighted by molar-refractivity contribution is -0.130. The Bertz CT molecular complexity index is 1130. The molecule has 0 bridgehead atoms. The third kappa shape index (κ3) is 2.78. The summed E-state index contributed by atoms with van der Waals surface area (Å²) in [6.07, 6.45) is 0. The Morgan fingerprint density at radius 3 is 2.43 bits per heavy atom. The van der Waals surface area contributed by atoms with Crippen molar-refractivity contribution in [2.45, 2.75) is 26.3 Å². The summed E-state index contributed by atoms with van der Waals surface area (Å²) in [6, 6.07) is 14.7. The number of nitrogens with one attached hydrogen (secondary N) is 2. The number of hydrogen-bond acceptors (Lipinski definition) is 3. The Morgan fingerprint density at radius 1 is 1.04 bits per heavy atom. The molecule has 1 aliphatic heterocycles. The minimum atomic E-state index is -1.20. The molecule has 2 heterocycles. The van der Waals surface area contributed by atoms with Crippen LogP contribution in [0.1, 0.15) is 34.2 Å². The standard InChI is InChI=1S/C22H21N3O3/c1-13-10-18(14(2)23-13)19(26)12-25-20(27)22(3,24-21(25)28)17-9-8-15-6-4-5-7-16(15)11-17/h4-11,23H,12H2,1-3H3,(H,24,28)/t22-/m1/s1. The molecule has 1 saturated heterocycles. The Hall–Kier alpha value is -3.41. The first-order valence-electron chi connectivity index (χ1n) is 9.12. The monoisotopic (exact) mass is 375 g/mol. The van der Waals surface area contributed by atoms with Crippen LogP contribution in [-0.4, -0.2) is 34.2 Å². The molecular formula is C22H21N3O3. The second-order valence-electron chi connectivity index (χ2n) is 7.42. The second-order valence-corrected chi connectivity index (χ2v) is 7.42. The Morgan fingerprint density at radius 2 is 1.75 bits per heavy atom. The number of aryl methyl sites for hydroxylation is 2. The highest BCUT2D eigenvalue weighted by Gasteiger charge is 2.49. The molecule has 0 radical (unpaired) electrons. The van der Waals surface area contributed by atoms with Crippen molar-refractivity contribution in [1.29, 1.82) is 0 Å². The van der Waals surface area contributed by atoms with Crippen LogP contribution in [0.15, 0.2) is 48.5 Å². The van der Waals surface area contributed by atoms with Gasteiger partial charge in [0.05, 0.1) is 6.54 Å². The molecule has 0 unspecified atom stereocenters. The largest absolute Gasteiger partial charge is 0.362 e. The fourth-order valence-electron chi connectivity index (χ4n) is 3.78. The first kappa shape index (κ1) is 18.0. The molecule has 3 amide bonds. The van der Waals surface area contributed by atoms with Crippen molar-refractivity contribution in [3.05, 3.63) is 71.0 Å². The van der Waals surface area contributed by atoms with Crippen LogP contribution < -0.4 is 5.32 Å². The van der Waals surface area contributed by atoms with Gasteiger partial charge in [0.25, 0.3) is 5.91 Å². The van der Waals surface area contributed by atoms with Gasteiger partial charge in [-0.1, -0.05) is 36.4 Å². The first-order chi connectivity index (χ1) is 13.3. The third-order valence-electron chi connectivity index (χ3n) is 5.35. The summed E-state index contributed by atoms with van der Waals surface area (Å²) in [7, 11) is 0. The Labute approximate surface area is 162 Å². The molecule has 2 N–H and O–H groups in total. The van der Waals surface area contributed by atoms with Gasteiger partial charge in [-0.2, -0.15) is 0 Å². The molecular weight excluding hydrogens is 354 g/mol. The maximum atomic E-state index is 13.1. The van der Waals surface area contributed by atoms with Crippen molar-refractivity contribution in [2.75, 3.05) is 6.54 Å². The second kappa shape index (κ2) is 6.34. The van der Waals surface area contributed by atoms with Gasteiger partial charge < -0.3 is 10.3 Å². The van der Waals surface area contributed by atoms with E-state index in [1.165, 1.54) is 0 Å². The number of hydrogen-bond donors (Lipinski definition) is 2. The fraction of sp³-hybridized carbons (Fsp3) is 0.227. The number of ketones is 1. The molecule has 0 saturated carbocycles. The van der Waals surface area contributed by atoms with E-state index in [0.29, 0.717) is 11.1 Å². The molecule has 28 heavy (non-hydrogen) atoms. The van der Waals surface area contributed by atoms with Crippen LogP contribution in [0.25, 0.3) is 10.8 Å². The van der Waals surface area contributed by atoms with Crippen LogP contribution in [0.5, 0.6) is 0 Å². The number of benzene rings is 2. The smallest absolute Gasteiger partial charge is 0.325 e. The maximum absolute atomic E-state index is 13.1. The quantitative estimate of drug-likeness (QED) is 0.541. The summed E-state index contributed by atoms with van der Waals surface area (Å²) >= 11 is 0. The van der Waals surface area contributed by atoms with E-state index in [1.54, 1.807) is 19.9 Å². The van der Waals surface area contributed by atoms with E-state index in [1.807, 2.05) is 49.4 Å². The summed E-state index contributed by atoms with van der Waals surface area (Å²) < 4.78 is 0. The number of carbonyl (C=O) groups is 3. The molecule has 1 aliphatic rings. The van der Waals surface area contributed by atoms with Crippen LogP contribution in [0.3, 0.4) is 0 Å². The van der Waals surface area contributed by atoms with Crippen molar-refractivity contribution in [1.82, 2.24) is 15.2 Å². The summed E-state index contributed by atoms with van der Waals surface area (Å²) in [5.41, 5.74) is 1.57. The topological polar surface area (TPSA) is 82.3 Å². The summed E-state index contributed by atoms with van der Waals surface area (Å²) in [5.74, 6) is -0.695. The number of imide groups is 1. The SMILES string of the molecule is Cc1cc(C(=O)CN2C(=O)N[C@](C)(c3ccc4ccccc4c3)C2=O)c(C)[nH]1. The normalized spacial score (nSPS) is 19.3. The van der Waals surface area contributed by atoms with E-state index < -0.39 is 17.5 Å². The lowest BCUT2D eigenvalue weighted by Crippen LogP contribution is -2.41. The number of urea groups is 1. The highest BCUT2D eigenvalue weighted by atomic mass is 16.2. The first-order valence-corrected chi connectivity index (χ1v) is 9.12. The van der Waals surface area contributed by atoms with Gasteiger partial charge in [0.2, 0.25) is 0 Å². The zero-order chi connectivity index (χ0) is 20.1. The van der Waals surface area contributed by atoms with Gasteiger partial charge in [-0.05, 0) is 49.2 Å². The van der Waals surface area contributed by atoms with Gasteiger partial charge in [0.1, 0.15) is 5.54 Å².